The molecule has 8 heavy (non-hydrogen) atoms. The minimum absolute atomic E-state index is 0. The summed E-state index contributed by atoms with van der Waals surface area (Å²) < 4.78 is 9.92. The van der Waals surface area contributed by atoms with E-state index in [4.69, 9.17) is 9.47 Å². The van der Waals surface area contributed by atoms with Gasteiger partial charge in [-0.05, 0) is 17.9 Å². The van der Waals surface area contributed by atoms with Crippen LogP contribution in [0.4, 0.5) is 0 Å². The summed E-state index contributed by atoms with van der Waals surface area (Å²) in [5.41, 5.74) is 0. The van der Waals surface area contributed by atoms with Crippen molar-refractivity contribution >= 4 is 11.0 Å². The molecule has 0 radical (unpaired) electrons. The Labute approximate surface area is 54.2 Å². The smallest absolute Gasteiger partial charge is 0.104 e. The maximum atomic E-state index is 5.03. The maximum Gasteiger partial charge on any atom is 0.104 e. The normalized spacial score (nSPS) is 24.4. The van der Waals surface area contributed by atoms with E-state index < -0.39 is 0 Å². The van der Waals surface area contributed by atoms with Crippen molar-refractivity contribution in [3.8, 4) is 0 Å². The van der Waals surface area contributed by atoms with Crippen LogP contribution in [0.5, 0.6) is 0 Å². The average molecular weight is 134 g/mol. The molecular formula is C5H14O2Si. The van der Waals surface area contributed by atoms with E-state index in [1.54, 1.807) is 0 Å². The van der Waals surface area contributed by atoms with Crippen LogP contribution in [0, 0.1) is 0 Å². The zero-order valence-corrected chi connectivity index (χ0v) is 4.52. The van der Waals surface area contributed by atoms with Crippen molar-refractivity contribution in [2.24, 2.45) is 0 Å². The van der Waals surface area contributed by atoms with Gasteiger partial charge in [0.25, 0.3) is 0 Å². The van der Waals surface area contributed by atoms with Gasteiger partial charge in [0.05, 0.1) is 13.2 Å². The number of hydrogen-bond donors (Lipinski definition) is 0. The Kier molecular flexibility index (Phi) is 4.13. The third kappa shape index (κ3) is 3.18. The van der Waals surface area contributed by atoms with E-state index in [2.05, 4.69) is 0 Å². The number of hydrogen-bond acceptors (Lipinski definition) is 2. The van der Waals surface area contributed by atoms with Gasteiger partial charge in [0.1, 0.15) is 6.10 Å². The summed E-state index contributed by atoms with van der Waals surface area (Å²) in [6.45, 7) is 4.48. The van der Waals surface area contributed by atoms with Gasteiger partial charge in [-0.1, -0.05) is 0 Å². The van der Waals surface area contributed by atoms with E-state index in [1.165, 1.54) is 0 Å². The molecule has 0 N–H and O–H groups in total. The quantitative estimate of drug-likeness (QED) is 0.364. The Morgan fingerprint density at radius 3 is 2.75 bits per heavy atom. The third-order valence-electron chi connectivity index (χ3n) is 0.910. The molecule has 0 saturated carbocycles. The van der Waals surface area contributed by atoms with Crippen LogP contribution in [-0.2, 0) is 9.47 Å². The molecule has 1 aliphatic rings. The van der Waals surface area contributed by atoms with Crippen molar-refractivity contribution in [2.75, 3.05) is 19.8 Å². The van der Waals surface area contributed by atoms with E-state index >= 15 is 0 Å². The lowest BCUT2D eigenvalue weighted by Gasteiger charge is -1.91. The van der Waals surface area contributed by atoms with Gasteiger partial charge in [0.15, 0.2) is 0 Å². The Hall–Kier alpha value is 0.137. The van der Waals surface area contributed by atoms with Gasteiger partial charge < -0.3 is 9.47 Å². The molecule has 2 nitrogen and oxygen atoms in total. The monoisotopic (exact) mass is 134 g/mol. The largest absolute Gasteiger partial charge is 0.379 e. The second-order valence-electron chi connectivity index (χ2n) is 1.61. The molecule has 1 saturated heterocycles. The van der Waals surface area contributed by atoms with Crippen molar-refractivity contribution in [1.82, 2.24) is 0 Å². The predicted octanol–water partition coefficient (Wildman–Crippen LogP) is -1.03. The SMILES string of the molecule is CCOCC1CO1.[SiH4]. The van der Waals surface area contributed by atoms with Crippen LogP contribution in [0.2, 0.25) is 0 Å². The van der Waals surface area contributed by atoms with Crippen molar-refractivity contribution in [1.29, 1.82) is 0 Å². The maximum absolute atomic E-state index is 5.03. The molecule has 1 fully saturated rings. The van der Waals surface area contributed by atoms with Crippen molar-refractivity contribution in [2.45, 2.75) is 13.0 Å². The van der Waals surface area contributed by atoms with Crippen molar-refractivity contribution in [3.63, 3.8) is 0 Å². The van der Waals surface area contributed by atoms with Crippen molar-refractivity contribution in [3.05, 3.63) is 0 Å². The highest BCUT2D eigenvalue weighted by Gasteiger charge is 2.21. The van der Waals surface area contributed by atoms with E-state index in [1.807, 2.05) is 6.92 Å². The van der Waals surface area contributed by atoms with Crippen LogP contribution in [0.25, 0.3) is 0 Å². The Morgan fingerprint density at radius 2 is 2.38 bits per heavy atom. The van der Waals surface area contributed by atoms with E-state index in [0.717, 1.165) is 19.8 Å². The van der Waals surface area contributed by atoms with Gasteiger partial charge in [0.2, 0.25) is 0 Å². The van der Waals surface area contributed by atoms with E-state index in [-0.39, 0.29) is 11.0 Å². The lowest BCUT2D eigenvalue weighted by Crippen LogP contribution is -1.99. The van der Waals surface area contributed by atoms with Gasteiger partial charge >= 0.3 is 0 Å². The second kappa shape index (κ2) is 4.06. The third-order valence-corrected chi connectivity index (χ3v) is 0.910. The van der Waals surface area contributed by atoms with Gasteiger partial charge in [-0.25, -0.2) is 0 Å². The Bertz CT molecular complexity index is 54.4. The van der Waals surface area contributed by atoms with Crippen LogP contribution < -0.4 is 0 Å². The summed E-state index contributed by atoms with van der Waals surface area (Å²) in [5.74, 6) is 0. The molecule has 0 aromatic rings. The van der Waals surface area contributed by atoms with E-state index in [9.17, 15) is 0 Å². The number of epoxide rings is 1. The zero-order chi connectivity index (χ0) is 5.11. The van der Waals surface area contributed by atoms with E-state index in [0.29, 0.717) is 6.10 Å². The first kappa shape index (κ1) is 8.14. The molecular weight excluding hydrogens is 120 g/mol. The molecule has 1 rings (SSSR count). The topological polar surface area (TPSA) is 21.8 Å². The molecule has 1 atom stereocenters. The van der Waals surface area contributed by atoms with Crippen LogP contribution in [0.15, 0.2) is 0 Å². The number of rotatable bonds is 3. The fraction of sp³-hybridized carbons (Fsp3) is 1.00. The van der Waals surface area contributed by atoms with Crippen LogP contribution in [0.3, 0.4) is 0 Å². The lowest BCUT2D eigenvalue weighted by atomic mass is 10.5. The molecule has 50 valence electrons. The minimum atomic E-state index is 0. The Morgan fingerprint density at radius 1 is 1.75 bits per heavy atom. The van der Waals surface area contributed by atoms with Crippen molar-refractivity contribution < 1.29 is 9.47 Å². The highest BCUT2D eigenvalue weighted by Crippen LogP contribution is 2.07. The average Bonchev–Trinajstić information content (AvgIpc) is 2.42. The fourth-order valence-corrected chi connectivity index (χ4v) is 0.414. The predicted molar refractivity (Wildman–Crippen MR) is 37.6 cm³/mol. The van der Waals surface area contributed by atoms with Crippen LogP contribution in [-0.4, -0.2) is 36.9 Å². The lowest BCUT2D eigenvalue weighted by molar-refractivity contribution is 0.128. The molecule has 0 amide bonds. The highest BCUT2D eigenvalue weighted by atomic mass is 28.1. The van der Waals surface area contributed by atoms with Gasteiger partial charge in [-0.2, -0.15) is 0 Å². The fourth-order valence-electron chi connectivity index (χ4n) is 0.414. The van der Waals surface area contributed by atoms with Gasteiger partial charge in [0, 0.05) is 6.61 Å². The molecule has 0 aliphatic carbocycles. The molecule has 3 heteroatoms. The minimum Gasteiger partial charge on any atom is -0.379 e. The zero-order valence-electron chi connectivity index (χ0n) is 4.52. The first-order chi connectivity index (χ1) is 3.43. The highest BCUT2D eigenvalue weighted by molar-refractivity contribution is 5.75. The Balaban J connectivity index is 0.000000490. The summed E-state index contributed by atoms with van der Waals surface area (Å²) in [7, 11) is 0. The standard InChI is InChI=1S/C5H10O2.H4Si/c1-2-6-3-5-4-7-5;/h5H,2-4H2,1H3;1H4. The van der Waals surface area contributed by atoms with Crippen LogP contribution in [0.1, 0.15) is 6.92 Å². The first-order valence-corrected chi connectivity index (χ1v) is 2.63. The molecule has 0 aromatic heterocycles. The second-order valence-corrected chi connectivity index (χ2v) is 1.61. The summed E-state index contributed by atoms with van der Waals surface area (Å²) in [5, 5.41) is 0. The molecule has 0 bridgehead atoms. The van der Waals surface area contributed by atoms with Gasteiger partial charge in [-0.15, -0.1) is 0 Å². The summed E-state index contributed by atoms with van der Waals surface area (Å²) >= 11 is 0. The number of ether oxygens (including phenoxy) is 2. The molecule has 1 heterocycles. The molecule has 0 spiro atoms. The molecule has 1 aliphatic heterocycles. The summed E-state index contributed by atoms with van der Waals surface area (Å²) in [4.78, 5) is 0. The van der Waals surface area contributed by atoms with Gasteiger partial charge in [-0.3, -0.25) is 0 Å². The summed E-state index contributed by atoms with van der Waals surface area (Å²) in [6.07, 6.45) is 0.431. The molecule has 1 unspecified atom stereocenters. The van der Waals surface area contributed by atoms with Crippen LogP contribution >= 0.6 is 0 Å². The summed E-state index contributed by atoms with van der Waals surface area (Å²) in [6, 6.07) is 0. The first-order valence-electron chi connectivity index (χ1n) is 2.63. The molecule has 0 aromatic carbocycles.